The summed E-state index contributed by atoms with van der Waals surface area (Å²) in [6, 6.07) is 14.6. The van der Waals surface area contributed by atoms with Crippen molar-refractivity contribution in [3.8, 4) is 17.6 Å². The zero-order valence-electron chi connectivity index (χ0n) is 16.2. The van der Waals surface area contributed by atoms with Crippen LogP contribution >= 0.6 is 0 Å². The molecule has 0 saturated heterocycles. The molecule has 0 aliphatic carbocycles. The van der Waals surface area contributed by atoms with Gasteiger partial charge >= 0.3 is 0 Å². The number of nitrogens with two attached hydrogens (primary N) is 1. The number of benzene rings is 2. The summed E-state index contributed by atoms with van der Waals surface area (Å²) >= 11 is 0. The summed E-state index contributed by atoms with van der Waals surface area (Å²) in [7, 11) is 0. The summed E-state index contributed by atoms with van der Waals surface area (Å²) in [4.78, 5) is 23.8. The molecule has 2 aromatic rings. The van der Waals surface area contributed by atoms with E-state index in [1.807, 2.05) is 30.3 Å². The Balaban J connectivity index is 1.78. The number of hydrogen-bond donors (Lipinski definition) is 4. The quantitative estimate of drug-likeness (QED) is 0.236. The lowest BCUT2D eigenvalue weighted by Gasteiger charge is -2.20. The predicted molar refractivity (Wildman–Crippen MR) is 109 cm³/mol. The molecule has 2 atom stereocenters. The van der Waals surface area contributed by atoms with Gasteiger partial charge in [-0.1, -0.05) is 30.0 Å². The Labute approximate surface area is 170 Å². The molecule has 29 heavy (non-hydrogen) atoms. The van der Waals surface area contributed by atoms with E-state index in [0.717, 1.165) is 18.4 Å². The molecule has 0 aromatic heterocycles. The number of rotatable bonds is 8. The van der Waals surface area contributed by atoms with E-state index in [2.05, 4.69) is 17.2 Å². The number of ether oxygens (including phenoxy) is 1. The zero-order valence-corrected chi connectivity index (χ0v) is 16.2. The maximum absolute atomic E-state index is 12.3. The van der Waals surface area contributed by atoms with Crippen LogP contribution in [0.5, 0.6) is 5.75 Å². The van der Waals surface area contributed by atoms with Gasteiger partial charge < -0.3 is 15.8 Å². The highest BCUT2D eigenvalue weighted by molar-refractivity contribution is 5.97. The van der Waals surface area contributed by atoms with Gasteiger partial charge in [-0.3, -0.25) is 14.8 Å². The van der Waals surface area contributed by atoms with Crippen LogP contribution in [-0.2, 0) is 4.79 Å². The molecule has 7 heteroatoms. The molecule has 0 saturated carbocycles. The van der Waals surface area contributed by atoms with Crippen LogP contribution in [0.1, 0.15) is 35.7 Å². The Bertz CT molecular complexity index is 855. The number of hydrogen-bond acceptors (Lipinski definition) is 5. The molecule has 0 fully saturated rings. The summed E-state index contributed by atoms with van der Waals surface area (Å²) in [6.45, 7) is 2.07. The third-order valence-electron chi connectivity index (χ3n) is 4.04. The molecular weight excluding hydrogens is 370 g/mol. The van der Waals surface area contributed by atoms with Gasteiger partial charge in [0.05, 0.1) is 6.61 Å². The van der Waals surface area contributed by atoms with Crippen molar-refractivity contribution in [2.75, 3.05) is 6.61 Å². The first-order valence-electron chi connectivity index (χ1n) is 9.28. The van der Waals surface area contributed by atoms with Crippen molar-refractivity contribution >= 4 is 11.8 Å². The third-order valence-corrected chi connectivity index (χ3v) is 4.04. The summed E-state index contributed by atoms with van der Waals surface area (Å²) in [5.41, 5.74) is 8.51. The molecule has 5 N–H and O–H groups in total. The molecule has 152 valence electrons. The Morgan fingerprint density at radius 1 is 1.14 bits per heavy atom. The summed E-state index contributed by atoms with van der Waals surface area (Å²) in [5.74, 6) is 5.59. The molecule has 0 aliphatic heterocycles. The second-order valence-corrected chi connectivity index (χ2v) is 6.43. The van der Waals surface area contributed by atoms with E-state index in [1.54, 1.807) is 31.2 Å². The summed E-state index contributed by atoms with van der Waals surface area (Å²) in [6.07, 6.45) is 1.51. The first kappa shape index (κ1) is 22.0. The molecule has 0 radical (unpaired) electrons. The van der Waals surface area contributed by atoms with Crippen molar-refractivity contribution in [2.24, 2.45) is 5.73 Å². The van der Waals surface area contributed by atoms with E-state index in [-0.39, 0.29) is 0 Å². The zero-order chi connectivity index (χ0) is 21.1. The van der Waals surface area contributed by atoms with E-state index in [0.29, 0.717) is 17.9 Å². The van der Waals surface area contributed by atoms with Gasteiger partial charge in [0.25, 0.3) is 11.8 Å². The highest BCUT2D eigenvalue weighted by Crippen LogP contribution is 2.13. The minimum atomic E-state index is -1.04. The largest absolute Gasteiger partial charge is 0.494 e. The van der Waals surface area contributed by atoms with Crippen LogP contribution in [0.2, 0.25) is 0 Å². The van der Waals surface area contributed by atoms with Gasteiger partial charge in [0, 0.05) is 23.6 Å². The first-order chi connectivity index (χ1) is 14.0. The lowest BCUT2D eigenvalue weighted by molar-refractivity contribution is -0.131. The van der Waals surface area contributed by atoms with Crippen LogP contribution in [0.3, 0.4) is 0 Å². The minimum Gasteiger partial charge on any atom is -0.494 e. The Kier molecular flexibility index (Phi) is 8.70. The fourth-order valence-corrected chi connectivity index (χ4v) is 2.47. The molecule has 2 amide bonds. The molecule has 0 aliphatic rings. The molecule has 0 unspecified atom stereocenters. The van der Waals surface area contributed by atoms with Gasteiger partial charge in [-0.15, -0.1) is 0 Å². The molecule has 0 bridgehead atoms. The number of unbranched alkanes of at least 4 members (excludes halogenated alkanes) is 1. The monoisotopic (exact) mass is 395 g/mol. The minimum absolute atomic E-state index is 0.350. The van der Waals surface area contributed by atoms with Crippen LogP contribution in [0.25, 0.3) is 0 Å². The van der Waals surface area contributed by atoms with Gasteiger partial charge in [0.1, 0.15) is 11.8 Å². The smallest absolute Gasteiger partial charge is 0.267 e. The van der Waals surface area contributed by atoms with Crippen molar-refractivity contribution in [3.05, 3.63) is 65.7 Å². The number of hydroxylamine groups is 1. The fraction of sp³-hybridized carbons (Fsp3) is 0.273. The third kappa shape index (κ3) is 7.30. The lowest BCUT2D eigenvalue weighted by Crippen LogP contribution is -2.54. The van der Waals surface area contributed by atoms with E-state index in [1.165, 1.54) is 5.48 Å². The maximum Gasteiger partial charge on any atom is 0.267 e. The maximum atomic E-state index is 12.3. The number of carbonyl (C=O) groups excluding carboxylic acids is 2. The van der Waals surface area contributed by atoms with Crippen LogP contribution < -0.4 is 21.3 Å². The van der Waals surface area contributed by atoms with E-state index >= 15 is 0 Å². The second kappa shape index (κ2) is 11.5. The molecule has 2 aromatic carbocycles. The van der Waals surface area contributed by atoms with Crippen molar-refractivity contribution in [1.29, 1.82) is 0 Å². The predicted octanol–water partition coefficient (Wildman–Crippen LogP) is 1.85. The van der Waals surface area contributed by atoms with Crippen LogP contribution in [0, 0.1) is 11.8 Å². The lowest BCUT2D eigenvalue weighted by atomic mass is 10.1. The van der Waals surface area contributed by atoms with Crippen molar-refractivity contribution in [3.63, 3.8) is 0 Å². The van der Waals surface area contributed by atoms with Gasteiger partial charge in [-0.25, -0.2) is 5.48 Å². The van der Waals surface area contributed by atoms with Gasteiger partial charge in [0.15, 0.2) is 0 Å². The second-order valence-electron chi connectivity index (χ2n) is 6.43. The normalized spacial score (nSPS) is 12.1. The number of nitrogens with one attached hydrogen (secondary N) is 2. The van der Waals surface area contributed by atoms with Gasteiger partial charge in [-0.2, -0.15) is 0 Å². The molecule has 0 spiro atoms. The molecule has 0 heterocycles. The van der Waals surface area contributed by atoms with E-state index < -0.39 is 23.9 Å². The van der Waals surface area contributed by atoms with Gasteiger partial charge in [0.2, 0.25) is 0 Å². The highest BCUT2D eigenvalue weighted by atomic mass is 16.5. The first-order valence-corrected chi connectivity index (χ1v) is 9.28. The average molecular weight is 395 g/mol. The Hall–Kier alpha value is -3.34. The molecule has 7 nitrogen and oxygen atoms in total. The molecule has 2 rings (SSSR count). The van der Waals surface area contributed by atoms with E-state index in [4.69, 9.17) is 15.7 Å². The summed E-state index contributed by atoms with van der Waals surface area (Å²) in [5, 5.41) is 11.2. The molecular formula is C22H25N3O4. The summed E-state index contributed by atoms with van der Waals surface area (Å²) < 4.78 is 5.65. The van der Waals surface area contributed by atoms with Crippen LogP contribution in [-0.4, -0.2) is 35.7 Å². The Morgan fingerprint density at radius 2 is 1.83 bits per heavy atom. The number of carbonyl (C=O) groups is 2. The van der Waals surface area contributed by atoms with E-state index in [9.17, 15) is 9.59 Å². The standard InChI is InChI=1S/C22H25N3O4/c1-16(23)20(22(27)25-28)24-21(26)18-11-13-19(14-12-18)29-15-7-3-6-10-17-8-4-2-5-9-17/h2,4-5,8-9,11-14,16,20,28H,3,7,15,23H2,1H3,(H,24,26)(H,25,27)/t16-,20+/m1/s1. The SMILES string of the molecule is C[C@@H](N)[C@H](NC(=O)c1ccc(OCCCC#Cc2ccccc2)cc1)C(=O)NO. The van der Waals surface area contributed by atoms with Crippen molar-refractivity contribution in [1.82, 2.24) is 10.8 Å². The van der Waals surface area contributed by atoms with Crippen LogP contribution in [0.15, 0.2) is 54.6 Å². The number of amides is 2. The van der Waals surface area contributed by atoms with Crippen LogP contribution in [0.4, 0.5) is 0 Å². The van der Waals surface area contributed by atoms with Crippen molar-refractivity contribution in [2.45, 2.75) is 31.8 Å². The average Bonchev–Trinajstić information content (AvgIpc) is 2.74. The highest BCUT2D eigenvalue weighted by Gasteiger charge is 2.24. The van der Waals surface area contributed by atoms with Crippen molar-refractivity contribution < 1.29 is 19.5 Å². The van der Waals surface area contributed by atoms with Gasteiger partial charge in [-0.05, 0) is 49.7 Å². The fourth-order valence-electron chi connectivity index (χ4n) is 2.47. The Morgan fingerprint density at radius 3 is 2.45 bits per heavy atom. The topological polar surface area (TPSA) is 114 Å².